The summed E-state index contributed by atoms with van der Waals surface area (Å²) >= 11 is 8.68. The Morgan fingerprint density at radius 1 is 1.30 bits per heavy atom. The van der Waals surface area contributed by atoms with Crippen LogP contribution in [-0.4, -0.2) is 9.55 Å². The largest absolute Gasteiger partial charge is 0.330 e. The van der Waals surface area contributed by atoms with E-state index in [0.29, 0.717) is 10.5 Å². The molecule has 0 aliphatic rings. The molecule has 6 heteroatoms. The van der Waals surface area contributed by atoms with Crippen LogP contribution in [0.2, 0.25) is 0 Å². The summed E-state index contributed by atoms with van der Waals surface area (Å²) in [5, 5.41) is 9.15. The molecule has 0 saturated heterocycles. The number of rotatable bonds is 1. The Bertz CT molecular complexity index is 920. The third kappa shape index (κ3) is 1.96. The van der Waals surface area contributed by atoms with Crippen molar-refractivity contribution in [1.29, 1.82) is 5.26 Å². The highest BCUT2D eigenvalue weighted by atomic mass is 79.9. The molecule has 0 unspecified atom stereocenters. The van der Waals surface area contributed by atoms with Crippen LogP contribution in [0.25, 0.3) is 16.7 Å². The zero-order valence-electron chi connectivity index (χ0n) is 10.0. The van der Waals surface area contributed by atoms with Crippen LogP contribution in [0, 0.1) is 21.9 Å². The number of hydrogen-bond acceptors (Lipinski definition) is 2. The molecule has 0 aliphatic heterocycles. The van der Waals surface area contributed by atoms with Crippen molar-refractivity contribution in [2.75, 3.05) is 0 Å². The number of nitriles is 1. The predicted molar refractivity (Wildman–Crippen MR) is 80.8 cm³/mol. The lowest BCUT2D eigenvalue weighted by atomic mass is 10.1. The number of nitrogens with zero attached hydrogens (tertiary/aromatic N) is 2. The van der Waals surface area contributed by atoms with Crippen molar-refractivity contribution in [3.8, 4) is 11.8 Å². The molecule has 0 spiro atoms. The molecule has 20 heavy (non-hydrogen) atoms. The number of fused-ring (bicyclic) bond motifs is 1. The minimum Gasteiger partial charge on any atom is -0.330 e. The van der Waals surface area contributed by atoms with Gasteiger partial charge in [0.2, 0.25) is 0 Å². The van der Waals surface area contributed by atoms with E-state index in [1.807, 2.05) is 24.3 Å². The number of nitrogens with one attached hydrogen (secondary N) is 1. The van der Waals surface area contributed by atoms with E-state index in [2.05, 4.69) is 20.9 Å². The van der Waals surface area contributed by atoms with Crippen LogP contribution in [0.4, 0.5) is 4.39 Å². The van der Waals surface area contributed by atoms with E-state index in [0.717, 1.165) is 15.5 Å². The number of aromatic nitrogens is 2. The molecule has 1 N–H and O–H groups in total. The first-order chi connectivity index (χ1) is 9.61. The first-order valence-corrected chi connectivity index (χ1v) is 6.91. The first kappa shape index (κ1) is 13.0. The summed E-state index contributed by atoms with van der Waals surface area (Å²) in [6.45, 7) is 0. The van der Waals surface area contributed by atoms with Crippen molar-refractivity contribution in [1.82, 2.24) is 9.55 Å². The first-order valence-electron chi connectivity index (χ1n) is 5.71. The van der Waals surface area contributed by atoms with Crippen LogP contribution in [0.1, 0.15) is 5.56 Å². The lowest BCUT2D eigenvalue weighted by molar-refractivity contribution is 0.622. The molecule has 1 aromatic heterocycles. The summed E-state index contributed by atoms with van der Waals surface area (Å²) in [7, 11) is 0. The van der Waals surface area contributed by atoms with Crippen LogP contribution >= 0.6 is 28.1 Å². The smallest absolute Gasteiger partial charge is 0.182 e. The Balaban J connectivity index is 2.42. The molecule has 0 atom stereocenters. The van der Waals surface area contributed by atoms with Gasteiger partial charge in [-0.05, 0) is 42.5 Å². The molecular weight excluding hydrogens is 341 g/mol. The molecule has 1 heterocycles. The summed E-state index contributed by atoms with van der Waals surface area (Å²) in [6, 6.07) is 12.0. The Hall–Kier alpha value is -1.97. The SMILES string of the molecule is N#Cc1c(F)cccc1-n1c(=S)[nH]c2cc(Br)ccc21. The molecular formula is C14H7BrFN3S. The third-order valence-corrected chi connectivity index (χ3v) is 3.77. The van der Waals surface area contributed by atoms with Gasteiger partial charge in [0.25, 0.3) is 0 Å². The fourth-order valence-electron chi connectivity index (χ4n) is 2.13. The number of halogens is 2. The maximum absolute atomic E-state index is 13.8. The van der Waals surface area contributed by atoms with E-state index >= 15 is 0 Å². The molecule has 0 aliphatic carbocycles. The second-order valence-corrected chi connectivity index (χ2v) is 5.48. The number of H-pyrrole nitrogens is 1. The quantitative estimate of drug-likeness (QED) is 0.660. The molecule has 3 aromatic rings. The highest BCUT2D eigenvalue weighted by molar-refractivity contribution is 9.10. The average Bonchev–Trinajstić information content (AvgIpc) is 2.73. The van der Waals surface area contributed by atoms with Gasteiger partial charge in [-0.2, -0.15) is 5.26 Å². The van der Waals surface area contributed by atoms with Gasteiger partial charge in [0.1, 0.15) is 17.4 Å². The van der Waals surface area contributed by atoms with Gasteiger partial charge in [0, 0.05) is 4.47 Å². The lowest BCUT2D eigenvalue weighted by Gasteiger charge is -2.07. The van der Waals surface area contributed by atoms with E-state index in [1.165, 1.54) is 6.07 Å². The monoisotopic (exact) mass is 347 g/mol. The summed E-state index contributed by atoms with van der Waals surface area (Å²) in [5.41, 5.74) is 2.02. The average molecular weight is 348 g/mol. The van der Waals surface area contributed by atoms with E-state index in [9.17, 15) is 4.39 Å². The number of aromatic amines is 1. The van der Waals surface area contributed by atoms with E-state index in [4.69, 9.17) is 17.5 Å². The Labute approximate surface area is 127 Å². The molecule has 2 aromatic carbocycles. The molecule has 3 nitrogen and oxygen atoms in total. The second-order valence-electron chi connectivity index (χ2n) is 4.17. The summed E-state index contributed by atoms with van der Waals surface area (Å²) in [6.07, 6.45) is 0. The summed E-state index contributed by atoms with van der Waals surface area (Å²) in [5.74, 6) is -0.557. The molecule has 0 fully saturated rings. The molecule has 98 valence electrons. The Morgan fingerprint density at radius 2 is 2.10 bits per heavy atom. The zero-order chi connectivity index (χ0) is 14.3. The number of hydrogen-bond donors (Lipinski definition) is 1. The molecule has 0 radical (unpaired) electrons. The van der Waals surface area contributed by atoms with Gasteiger partial charge in [-0.3, -0.25) is 4.57 Å². The Morgan fingerprint density at radius 3 is 2.85 bits per heavy atom. The summed E-state index contributed by atoms with van der Waals surface area (Å²) < 4.78 is 16.7. The van der Waals surface area contributed by atoms with Gasteiger partial charge in [-0.1, -0.05) is 22.0 Å². The summed E-state index contributed by atoms with van der Waals surface area (Å²) in [4.78, 5) is 3.05. The second kappa shape index (κ2) is 4.85. The molecule has 0 bridgehead atoms. The predicted octanol–water partition coefficient (Wildman–Crippen LogP) is 4.46. The van der Waals surface area contributed by atoms with Gasteiger partial charge in [-0.15, -0.1) is 0 Å². The van der Waals surface area contributed by atoms with Crippen molar-refractivity contribution >= 4 is 39.2 Å². The number of benzene rings is 2. The Kier molecular flexibility index (Phi) is 3.16. The van der Waals surface area contributed by atoms with Crippen molar-refractivity contribution in [2.45, 2.75) is 0 Å². The van der Waals surface area contributed by atoms with Crippen LogP contribution in [0.15, 0.2) is 40.9 Å². The maximum Gasteiger partial charge on any atom is 0.182 e. The standard InChI is InChI=1S/C14H7BrFN3S/c15-8-4-5-13-11(6-8)18-14(20)19(13)12-3-1-2-10(16)9(12)7-17/h1-6H,(H,18,20). The fourth-order valence-corrected chi connectivity index (χ4v) is 2.80. The number of imidazole rings is 1. The minimum absolute atomic E-state index is 0.0209. The van der Waals surface area contributed by atoms with Crippen molar-refractivity contribution in [2.24, 2.45) is 0 Å². The van der Waals surface area contributed by atoms with Crippen molar-refractivity contribution in [3.63, 3.8) is 0 Å². The maximum atomic E-state index is 13.8. The fraction of sp³-hybridized carbons (Fsp3) is 0. The molecule has 3 rings (SSSR count). The van der Waals surface area contributed by atoms with Gasteiger partial charge in [0.15, 0.2) is 4.77 Å². The lowest BCUT2D eigenvalue weighted by Crippen LogP contribution is -1.99. The van der Waals surface area contributed by atoms with Gasteiger partial charge in [-0.25, -0.2) is 4.39 Å². The highest BCUT2D eigenvalue weighted by Gasteiger charge is 2.13. The van der Waals surface area contributed by atoms with Crippen molar-refractivity contribution in [3.05, 3.63) is 57.0 Å². The van der Waals surface area contributed by atoms with Crippen LogP contribution in [0.5, 0.6) is 0 Å². The van der Waals surface area contributed by atoms with E-state index in [-0.39, 0.29) is 5.56 Å². The van der Waals surface area contributed by atoms with Crippen LogP contribution < -0.4 is 0 Å². The minimum atomic E-state index is -0.557. The van der Waals surface area contributed by atoms with Gasteiger partial charge < -0.3 is 4.98 Å². The highest BCUT2D eigenvalue weighted by Crippen LogP contribution is 2.25. The van der Waals surface area contributed by atoms with E-state index < -0.39 is 5.82 Å². The normalized spacial score (nSPS) is 10.7. The topological polar surface area (TPSA) is 44.5 Å². The van der Waals surface area contributed by atoms with Gasteiger partial charge >= 0.3 is 0 Å². The third-order valence-electron chi connectivity index (χ3n) is 2.99. The zero-order valence-corrected chi connectivity index (χ0v) is 12.4. The van der Waals surface area contributed by atoms with Crippen LogP contribution in [-0.2, 0) is 0 Å². The molecule has 0 amide bonds. The van der Waals surface area contributed by atoms with E-state index in [1.54, 1.807) is 16.7 Å². The van der Waals surface area contributed by atoms with Crippen molar-refractivity contribution < 1.29 is 4.39 Å². The van der Waals surface area contributed by atoms with Gasteiger partial charge in [0.05, 0.1) is 16.7 Å². The molecule has 0 saturated carbocycles. The van der Waals surface area contributed by atoms with Crippen LogP contribution in [0.3, 0.4) is 0 Å².